The monoisotopic (exact) mass is 301 g/mol. The summed E-state index contributed by atoms with van der Waals surface area (Å²) in [6, 6.07) is 7.48. The first-order valence-corrected chi connectivity index (χ1v) is 7.19. The van der Waals surface area contributed by atoms with Crippen LogP contribution in [0.15, 0.2) is 28.8 Å². The molecule has 1 amide bonds. The Morgan fingerprint density at radius 3 is 2.77 bits per heavy atom. The molecule has 116 valence electrons. The Hall–Kier alpha value is -2.50. The number of carbonyl (C=O) groups excluding carboxylic acids is 1. The summed E-state index contributed by atoms with van der Waals surface area (Å²) in [5.41, 5.74) is 7.93. The van der Waals surface area contributed by atoms with Crippen molar-refractivity contribution in [3.8, 4) is 11.3 Å². The number of amides is 1. The summed E-state index contributed by atoms with van der Waals surface area (Å²) < 4.78 is 10.6. The summed E-state index contributed by atoms with van der Waals surface area (Å²) in [5.74, 6) is 0.974. The first-order chi connectivity index (χ1) is 10.3. The number of fused-ring (bicyclic) bond motifs is 1. The van der Waals surface area contributed by atoms with Crippen LogP contribution in [0, 0.1) is 0 Å². The maximum atomic E-state index is 12.2. The van der Waals surface area contributed by atoms with Crippen LogP contribution in [0.1, 0.15) is 26.3 Å². The van der Waals surface area contributed by atoms with Crippen molar-refractivity contribution in [3.63, 3.8) is 0 Å². The Labute approximate surface area is 128 Å². The van der Waals surface area contributed by atoms with E-state index in [9.17, 15) is 4.79 Å². The second kappa shape index (κ2) is 5.05. The summed E-state index contributed by atoms with van der Waals surface area (Å²) in [4.78, 5) is 13.9. The highest BCUT2D eigenvalue weighted by Gasteiger charge is 2.29. The molecule has 0 unspecified atom stereocenters. The third-order valence-electron chi connectivity index (χ3n) is 3.40. The highest BCUT2D eigenvalue weighted by atomic mass is 16.6. The van der Waals surface area contributed by atoms with E-state index < -0.39 is 5.60 Å². The lowest BCUT2D eigenvalue weighted by Gasteiger charge is -2.24. The molecule has 0 spiro atoms. The number of nitrogen functional groups attached to an aromatic ring is 1. The molecule has 1 aromatic carbocycles. The van der Waals surface area contributed by atoms with Crippen molar-refractivity contribution in [1.82, 2.24) is 5.16 Å². The quantitative estimate of drug-likeness (QED) is 0.874. The maximum Gasteiger partial charge on any atom is 0.414 e. The van der Waals surface area contributed by atoms with E-state index in [1.54, 1.807) is 11.0 Å². The van der Waals surface area contributed by atoms with Gasteiger partial charge in [-0.1, -0.05) is 5.16 Å². The van der Waals surface area contributed by atoms with Crippen LogP contribution in [0.4, 0.5) is 16.3 Å². The zero-order valence-corrected chi connectivity index (χ0v) is 12.9. The molecule has 0 bridgehead atoms. The molecule has 2 heterocycles. The molecule has 1 aliphatic rings. The molecule has 0 atom stereocenters. The lowest BCUT2D eigenvalue weighted by atomic mass is 10.1. The highest BCUT2D eigenvalue weighted by molar-refractivity contribution is 5.91. The van der Waals surface area contributed by atoms with Crippen LogP contribution in [-0.2, 0) is 11.2 Å². The summed E-state index contributed by atoms with van der Waals surface area (Å²) in [6.07, 6.45) is 0.467. The van der Waals surface area contributed by atoms with E-state index >= 15 is 0 Å². The normalized spacial score (nSPS) is 14.0. The Morgan fingerprint density at radius 1 is 1.36 bits per heavy atom. The number of ether oxygens (including phenoxy) is 1. The number of benzene rings is 1. The van der Waals surface area contributed by atoms with Crippen molar-refractivity contribution in [1.29, 1.82) is 0 Å². The van der Waals surface area contributed by atoms with Gasteiger partial charge in [0.25, 0.3) is 0 Å². The molecule has 0 saturated heterocycles. The molecule has 3 rings (SSSR count). The Bertz CT molecular complexity index is 716. The number of hydrogen-bond donors (Lipinski definition) is 1. The average molecular weight is 301 g/mol. The van der Waals surface area contributed by atoms with Crippen LogP contribution < -0.4 is 10.6 Å². The fourth-order valence-electron chi connectivity index (χ4n) is 2.49. The fourth-order valence-corrected chi connectivity index (χ4v) is 2.49. The lowest BCUT2D eigenvalue weighted by Crippen LogP contribution is -2.35. The molecular formula is C16H19N3O3. The van der Waals surface area contributed by atoms with E-state index in [1.807, 2.05) is 39.0 Å². The number of carbonyl (C=O) groups is 1. The van der Waals surface area contributed by atoms with E-state index in [0.717, 1.165) is 23.2 Å². The van der Waals surface area contributed by atoms with Crippen LogP contribution >= 0.6 is 0 Å². The predicted molar refractivity (Wildman–Crippen MR) is 83.6 cm³/mol. The van der Waals surface area contributed by atoms with Crippen molar-refractivity contribution in [2.75, 3.05) is 17.2 Å². The smallest absolute Gasteiger partial charge is 0.414 e. The van der Waals surface area contributed by atoms with Gasteiger partial charge in [-0.3, -0.25) is 4.90 Å². The van der Waals surface area contributed by atoms with Crippen LogP contribution in [0.25, 0.3) is 11.3 Å². The average Bonchev–Trinajstić information content (AvgIpc) is 3.01. The minimum absolute atomic E-state index is 0.317. The van der Waals surface area contributed by atoms with Gasteiger partial charge in [-0.15, -0.1) is 0 Å². The number of hydrogen-bond acceptors (Lipinski definition) is 5. The van der Waals surface area contributed by atoms with E-state index in [2.05, 4.69) is 5.16 Å². The Balaban J connectivity index is 1.85. The summed E-state index contributed by atoms with van der Waals surface area (Å²) in [7, 11) is 0. The number of nitrogens with zero attached hydrogens (tertiary/aromatic N) is 2. The summed E-state index contributed by atoms with van der Waals surface area (Å²) in [6.45, 7) is 6.20. The Kier molecular flexibility index (Phi) is 3.31. The van der Waals surface area contributed by atoms with E-state index in [1.165, 1.54) is 0 Å². The minimum Gasteiger partial charge on any atom is -0.443 e. The molecule has 6 nitrogen and oxygen atoms in total. The molecule has 2 aromatic rings. The molecular weight excluding hydrogens is 282 g/mol. The lowest BCUT2D eigenvalue weighted by molar-refractivity contribution is 0.0584. The van der Waals surface area contributed by atoms with Gasteiger partial charge in [0.1, 0.15) is 5.60 Å². The van der Waals surface area contributed by atoms with Crippen LogP contribution in [0.5, 0.6) is 0 Å². The predicted octanol–water partition coefficient (Wildman–Crippen LogP) is 3.22. The van der Waals surface area contributed by atoms with E-state index in [-0.39, 0.29) is 6.09 Å². The molecule has 0 aliphatic carbocycles. The minimum atomic E-state index is -0.503. The molecule has 22 heavy (non-hydrogen) atoms. The third kappa shape index (κ3) is 2.77. The van der Waals surface area contributed by atoms with E-state index in [4.69, 9.17) is 15.0 Å². The summed E-state index contributed by atoms with van der Waals surface area (Å²) in [5, 5.41) is 3.69. The van der Waals surface area contributed by atoms with Crippen molar-refractivity contribution in [2.45, 2.75) is 32.8 Å². The molecule has 1 aromatic heterocycles. The summed E-state index contributed by atoms with van der Waals surface area (Å²) >= 11 is 0. The first kappa shape index (κ1) is 14.4. The topological polar surface area (TPSA) is 81.6 Å². The van der Waals surface area contributed by atoms with Gasteiger partial charge in [0.05, 0.1) is 5.69 Å². The van der Waals surface area contributed by atoms with Gasteiger partial charge >= 0.3 is 6.09 Å². The van der Waals surface area contributed by atoms with Crippen LogP contribution in [0.2, 0.25) is 0 Å². The van der Waals surface area contributed by atoms with Gasteiger partial charge in [-0.25, -0.2) is 4.79 Å². The van der Waals surface area contributed by atoms with E-state index in [0.29, 0.717) is 18.1 Å². The largest absolute Gasteiger partial charge is 0.443 e. The standard InChI is InChI=1S/C16H19N3O3/c1-16(2,3)21-15(20)19-7-6-10-8-11(4-5-12(10)19)13-9-14(17)18-22-13/h4-5,8-9H,6-7H2,1-3H3,(H2,17,18). The van der Waals surface area contributed by atoms with Crippen LogP contribution in [-0.4, -0.2) is 23.4 Å². The molecule has 0 saturated carbocycles. The Morgan fingerprint density at radius 2 is 2.14 bits per heavy atom. The van der Waals surface area contributed by atoms with Gasteiger partial charge < -0.3 is 15.0 Å². The third-order valence-corrected chi connectivity index (χ3v) is 3.40. The van der Waals surface area contributed by atoms with Crippen molar-refractivity contribution < 1.29 is 14.1 Å². The number of anilines is 2. The SMILES string of the molecule is CC(C)(C)OC(=O)N1CCc2cc(-c3cc(N)no3)ccc21. The molecule has 1 aliphatic heterocycles. The van der Waals surface area contributed by atoms with Gasteiger partial charge in [0, 0.05) is 18.2 Å². The van der Waals surface area contributed by atoms with Gasteiger partial charge in [-0.2, -0.15) is 0 Å². The van der Waals surface area contributed by atoms with Gasteiger partial charge in [0.2, 0.25) is 0 Å². The molecule has 6 heteroatoms. The van der Waals surface area contributed by atoms with Crippen molar-refractivity contribution in [3.05, 3.63) is 29.8 Å². The van der Waals surface area contributed by atoms with Crippen molar-refractivity contribution in [2.24, 2.45) is 0 Å². The van der Waals surface area contributed by atoms with Crippen molar-refractivity contribution >= 4 is 17.6 Å². The maximum absolute atomic E-state index is 12.2. The zero-order chi connectivity index (χ0) is 15.9. The molecule has 2 N–H and O–H groups in total. The number of nitrogens with two attached hydrogens (primary N) is 1. The number of aromatic nitrogens is 1. The van der Waals surface area contributed by atoms with Gasteiger partial charge in [-0.05, 0) is 51.0 Å². The molecule has 0 fully saturated rings. The zero-order valence-electron chi connectivity index (χ0n) is 12.9. The first-order valence-electron chi connectivity index (χ1n) is 7.19. The second-order valence-corrected chi connectivity index (χ2v) is 6.34. The number of rotatable bonds is 1. The fraction of sp³-hybridized carbons (Fsp3) is 0.375. The highest BCUT2D eigenvalue weighted by Crippen LogP contribution is 2.33. The molecule has 0 radical (unpaired) electrons. The van der Waals surface area contributed by atoms with Gasteiger partial charge in [0.15, 0.2) is 11.6 Å². The second-order valence-electron chi connectivity index (χ2n) is 6.34. The van der Waals surface area contributed by atoms with Crippen LogP contribution in [0.3, 0.4) is 0 Å².